The summed E-state index contributed by atoms with van der Waals surface area (Å²) in [5.41, 5.74) is 2.13. The summed E-state index contributed by atoms with van der Waals surface area (Å²) in [4.78, 5) is 39.2. The first-order valence-electron chi connectivity index (χ1n) is 9.81. The summed E-state index contributed by atoms with van der Waals surface area (Å²) in [6.07, 6.45) is 1.39. The number of hydrogen-bond donors (Lipinski definition) is 0. The van der Waals surface area contributed by atoms with Gasteiger partial charge in [0.2, 0.25) is 5.91 Å². The van der Waals surface area contributed by atoms with Crippen molar-refractivity contribution < 1.29 is 14.0 Å². The minimum Gasteiger partial charge on any atom is -0.294 e. The van der Waals surface area contributed by atoms with Gasteiger partial charge in [-0.3, -0.25) is 14.4 Å². The third-order valence-electron chi connectivity index (χ3n) is 5.79. The molecule has 1 aliphatic heterocycles. The van der Waals surface area contributed by atoms with Crippen molar-refractivity contribution in [2.75, 3.05) is 5.01 Å². The van der Waals surface area contributed by atoms with Gasteiger partial charge >= 0.3 is 0 Å². The molecule has 1 aliphatic carbocycles. The molecular formula is C23H20FN3O3. The van der Waals surface area contributed by atoms with Crippen LogP contribution in [-0.2, 0) is 9.59 Å². The normalized spacial score (nSPS) is 19.0. The number of nitrogens with zero attached hydrogens (tertiary/aromatic N) is 3. The Morgan fingerprint density at radius 1 is 1.10 bits per heavy atom. The Hall–Kier alpha value is -3.53. The maximum atomic E-state index is 13.4. The molecule has 152 valence electrons. The third-order valence-corrected chi connectivity index (χ3v) is 5.79. The summed E-state index contributed by atoms with van der Waals surface area (Å²) in [7, 11) is 0. The Kier molecular flexibility index (Phi) is 4.86. The fraction of sp³-hybridized carbons (Fsp3) is 0.304. The van der Waals surface area contributed by atoms with Crippen LogP contribution in [0.4, 0.5) is 4.39 Å². The van der Waals surface area contributed by atoms with Gasteiger partial charge in [-0.25, -0.2) is 14.1 Å². The zero-order valence-electron chi connectivity index (χ0n) is 16.7. The van der Waals surface area contributed by atoms with Crippen LogP contribution in [0.15, 0.2) is 46.4 Å². The van der Waals surface area contributed by atoms with Crippen LogP contribution in [-0.4, -0.2) is 16.4 Å². The lowest BCUT2D eigenvalue weighted by molar-refractivity contribution is -0.121. The monoisotopic (exact) mass is 405 g/mol. The fourth-order valence-electron chi connectivity index (χ4n) is 4.45. The number of carbonyl (C=O) groups is 2. The topological polar surface area (TPSA) is 83.2 Å². The maximum absolute atomic E-state index is 13.4. The number of aryl methyl sites for hydroxylation is 2. The number of allylic oxidation sites excluding steroid dienone is 2. The number of ketones is 1. The highest BCUT2D eigenvalue weighted by molar-refractivity contribution is 6.04. The van der Waals surface area contributed by atoms with Gasteiger partial charge in [-0.05, 0) is 56.0 Å². The Balaban J connectivity index is 1.95. The van der Waals surface area contributed by atoms with E-state index in [0.717, 1.165) is 0 Å². The molecule has 0 radical (unpaired) electrons. The van der Waals surface area contributed by atoms with Crippen LogP contribution >= 0.6 is 0 Å². The Labute approximate surface area is 172 Å². The number of nitriles is 1. The van der Waals surface area contributed by atoms with Gasteiger partial charge in [-0.1, -0.05) is 12.1 Å². The highest BCUT2D eigenvalue weighted by atomic mass is 19.1. The first kappa shape index (κ1) is 19.8. The molecule has 4 rings (SSSR count). The number of benzene rings is 1. The van der Waals surface area contributed by atoms with Gasteiger partial charge in [0, 0.05) is 30.0 Å². The van der Waals surface area contributed by atoms with Crippen LogP contribution in [0, 0.1) is 31.0 Å². The molecule has 1 atom stereocenters. The molecule has 0 saturated heterocycles. The lowest BCUT2D eigenvalue weighted by Gasteiger charge is -2.39. The van der Waals surface area contributed by atoms with E-state index in [1.165, 1.54) is 21.8 Å². The molecule has 1 aromatic heterocycles. The van der Waals surface area contributed by atoms with Gasteiger partial charge in [0.15, 0.2) is 5.78 Å². The van der Waals surface area contributed by atoms with Crippen LogP contribution in [0.2, 0.25) is 0 Å². The molecule has 0 saturated carbocycles. The highest BCUT2D eigenvalue weighted by Gasteiger charge is 2.40. The van der Waals surface area contributed by atoms with Crippen molar-refractivity contribution in [2.24, 2.45) is 0 Å². The van der Waals surface area contributed by atoms with Gasteiger partial charge < -0.3 is 0 Å². The van der Waals surface area contributed by atoms with Crippen molar-refractivity contribution in [1.82, 2.24) is 4.68 Å². The van der Waals surface area contributed by atoms with Crippen molar-refractivity contribution in [1.29, 1.82) is 5.26 Å². The first-order valence-corrected chi connectivity index (χ1v) is 9.81. The van der Waals surface area contributed by atoms with Gasteiger partial charge in [0.25, 0.3) is 5.56 Å². The molecule has 2 aromatic rings. The average Bonchev–Trinajstić information content (AvgIpc) is 2.70. The number of carbonyl (C=O) groups excluding carboxylic acids is 2. The second-order valence-electron chi connectivity index (χ2n) is 7.72. The standard InChI is InChI=1S/C23H20FN3O3/c1-13-10-14(2)26(23(30)18(13)12-25)27-19-4-3-5-20(28)22(19)17(11-21(27)29)15-6-8-16(24)9-7-15/h6-10,17H,3-5,11H2,1-2H3/t17-/m0/s1. The molecule has 1 amide bonds. The van der Waals surface area contributed by atoms with Crippen LogP contribution in [0.5, 0.6) is 0 Å². The number of aromatic nitrogens is 1. The van der Waals surface area contributed by atoms with Crippen molar-refractivity contribution in [3.05, 3.63) is 80.2 Å². The van der Waals surface area contributed by atoms with Gasteiger partial charge in [0.1, 0.15) is 17.4 Å². The molecule has 2 aliphatic rings. The molecule has 7 heteroatoms. The lowest BCUT2D eigenvalue weighted by atomic mass is 9.77. The number of halogens is 1. The summed E-state index contributed by atoms with van der Waals surface area (Å²) < 4.78 is 14.6. The van der Waals surface area contributed by atoms with Crippen molar-refractivity contribution >= 4 is 11.7 Å². The van der Waals surface area contributed by atoms with Gasteiger partial charge in [-0.15, -0.1) is 0 Å². The van der Waals surface area contributed by atoms with Crippen molar-refractivity contribution in [3.63, 3.8) is 0 Å². The van der Waals surface area contributed by atoms with E-state index in [1.807, 2.05) is 6.07 Å². The predicted molar refractivity (Wildman–Crippen MR) is 108 cm³/mol. The Morgan fingerprint density at radius 3 is 2.47 bits per heavy atom. The average molecular weight is 405 g/mol. The van der Waals surface area contributed by atoms with Crippen LogP contribution in [0.1, 0.15) is 54.0 Å². The zero-order valence-corrected chi connectivity index (χ0v) is 16.7. The van der Waals surface area contributed by atoms with Gasteiger partial charge in [0.05, 0.1) is 5.70 Å². The second-order valence-corrected chi connectivity index (χ2v) is 7.72. The minimum absolute atomic E-state index is 0.0160. The fourth-order valence-corrected chi connectivity index (χ4v) is 4.45. The largest absolute Gasteiger partial charge is 0.294 e. The molecule has 0 fully saturated rings. The Bertz CT molecular complexity index is 1200. The van der Waals surface area contributed by atoms with E-state index in [9.17, 15) is 24.0 Å². The van der Waals surface area contributed by atoms with Crippen molar-refractivity contribution in [2.45, 2.75) is 45.4 Å². The van der Waals surface area contributed by atoms with E-state index in [4.69, 9.17) is 0 Å². The number of Topliss-reactive ketones (excluding diaryl/α,β-unsaturated/α-hetero) is 1. The maximum Gasteiger partial charge on any atom is 0.288 e. The number of hydrogen-bond acceptors (Lipinski definition) is 4. The molecule has 0 spiro atoms. The molecule has 6 nitrogen and oxygen atoms in total. The quantitative estimate of drug-likeness (QED) is 0.769. The zero-order chi connectivity index (χ0) is 21.6. The number of pyridine rings is 1. The molecular weight excluding hydrogens is 385 g/mol. The van der Waals surface area contributed by atoms with E-state index in [1.54, 1.807) is 32.0 Å². The predicted octanol–water partition coefficient (Wildman–Crippen LogP) is 3.14. The summed E-state index contributed by atoms with van der Waals surface area (Å²) in [5, 5.41) is 10.7. The molecule has 0 bridgehead atoms. The van der Waals surface area contributed by atoms with Gasteiger partial charge in [-0.2, -0.15) is 5.26 Å². The van der Waals surface area contributed by atoms with E-state index in [0.29, 0.717) is 47.4 Å². The van der Waals surface area contributed by atoms with Crippen LogP contribution in [0.25, 0.3) is 0 Å². The SMILES string of the molecule is Cc1cc(C)n(N2C(=O)C[C@@H](c3ccc(F)cc3)C3=C2CCCC3=O)c(=O)c1C#N. The number of rotatable bonds is 2. The smallest absolute Gasteiger partial charge is 0.288 e. The lowest BCUT2D eigenvalue weighted by Crippen LogP contribution is -2.52. The molecule has 1 aromatic carbocycles. The first-order chi connectivity index (χ1) is 14.3. The minimum atomic E-state index is -0.576. The summed E-state index contributed by atoms with van der Waals surface area (Å²) in [6, 6.07) is 9.41. The van der Waals surface area contributed by atoms with E-state index < -0.39 is 17.3 Å². The molecule has 30 heavy (non-hydrogen) atoms. The summed E-state index contributed by atoms with van der Waals surface area (Å²) in [6.45, 7) is 3.37. The van der Waals surface area contributed by atoms with E-state index >= 15 is 0 Å². The highest BCUT2D eigenvalue weighted by Crippen LogP contribution is 2.41. The van der Waals surface area contributed by atoms with E-state index in [-0.39, 0.29) is 23.7 Å². The second kappa shape index (κ2) is 7.38. The summed E-state index contributed by atoms with van der Waals surface area (Å²) in [5.74, 6) is -1.27. The number of amides is 1. The third kappa shape index (κ3) is 3.05. The molecule has 2 heterocycles. The molecule has 0 N–H and O–H groups in total. The van der Waals surface area contributed by atoms with E-state index in [2.05, 4.69) is 0 Å². The van der Waals surface area contributed by atoms with Crippen LogP contribution < -0.4 is 10.6 Å². The Morgan fingerprint density at radius 2 is 1.80 bits per heavy atom. The van der Waals surface area contributed by atoms with Crippen LogP contribution in [0.3, 0.4) is 0 Å². The summed E-state index contributed by atoms with van der Waals surface area (Å²) >= 11 is 0. The molecule has 0 unspecified atom stereocenters. The van der Waals surface area contributed by atoms with Crippen molar-refractivity contribution in [3.8, 4) is 6.07 Å².